The van der Waals surface area contributed by atoms with Crippen LogP contribution in [0.25, 0.3) is 0 Å². The molecule has 0 radical (unpaired) electrons. The predicted octanol–water partition coefficient (Wildman–Crippen LogP) is 21.6. The van der Waals surface area contributed by atoms with E-state index in [1.54, 1.807) is 0 Å². The number of likely N-dealkylation sites (N-methyl/N-ethyl adjacent to an activating group) is 1. The number of hydrogen-bond acceptors (Lipinski definition) is 8. The van der Waals surface area contributed by atoms with Crippen LogP contribution in [0, 0.1) is 0 Å². The monoisotopic (exact) mass is 1150 g/mol. The van der Waals surface area contributed by atoms with E-state index in [1.807, 2.05) is 21.1 Å². The Kier molecular flexibility index (Phi) is 60.4. The van der Waals surface area contributed by atoms with E-state index in [0.29, 0.717) is 17.4 Å². The smallest absolute Gasteiger partial charge is 0.306 e. The molecule has 0 saturated carbocycles. The molecule has 0 heterocycles. The molecule has 10 heteroatoms. The van der Waals surface area contributed by atoms with Crippen LogP contribution in [0.1, 0.15) is 348 Å². The molecule has 0 aromatic rings. The minimum atomic E-state index is -4.64. The van der Waals surface area contributed by atoms with Crippen molar-refractivity contribution in [3.8, 4) is 0 Å². The van der Waals surface area contributed by atoms with Crippen LogP contribution in [0.15, 0.2) is 36.5 Å². The summed E-state index contributed by atoms with van der Waals surface area (Å²) in [6.07, 6.45) is 77.9. The number of esters is 2. The van der Waals surface area contributed by atoms with Crippen LogP contribution in [0.3, 0.4) is 0 Å². The van der Waals surface area contributed by atoms with Crippen LogP contribution in [-0.4, -0.2) is 70.0 Å². The average molecular weight is 1150 g/mol. The summed E-state index contributed by atoms with van der Waals surface area (Å²) in [5, 5.41) is 0. The Labute approximate surface area is 497 Å². The second kappa shape index (κ2) is 61.8. The van der Waals surface area contributed by atoms with E-state index in [9.17, 15) is 19.0 Å². The fourth-order valence-corrected chi connectivity index (χ4v) is 11.0. The normalized spacial score (nSPS) is 13.3. The maximum atomic E-state index is 12.9. The number of quaternary nitrogens is 1. The van der Waals surface area contributed by atoms with Crippen molar-refractivity contribution < 1.29 is 42.1 Å². The van der Waals surface area contributed by atoms with Crippen LogP contribution in [0.2, 0.25) is 0 Å². The number of allylic oxidation sites excluding steroid dienone is 6. The molecule has 0 spiro atoms. The van der Waals surface area contributed by atoms with Gasteiger partial charge in [-0.25, -0.2) is 0 Å². The van der Waals surface area contributed by atoms with E-state index >= 15 is 0 Å². The van der Waals surface area contributed by atoms with Crippen molar-refractivity contribution in [2.24, 2.45) is 0 Å². The Bertz CT molecular complexity index is 1440. The highest BCUT2D eigenvalue weighted by Crippen LogP contribution is 2.38. The van der Waals surface area contributed by atoms with Gasteiger partial charge >= 0.3 is 11.9 Å². The van der Waals surface area contributed by atoms with E-state index in [4.69, 9.17) is 18.5 Å². The van der Waals surface area contributed by atoms with Crippen LogP contribution >= 0.6 is 7.82 Å². The van der Waals surface area contributed by atoms with E-state index in [-0.39, 0.29) is 32.0 Å². The zero-order valence-electron chi connectivity index (χ0n) is 53.8. The van der Waals surface area contributed by atoms with Gasteiger partial charge in [-0.1, -0.05) is 301 Å². The van der Waals surface area contributed by atoms with Crippen molar-refractivity contribution in [1.82, 2.24) is 0 Å². The number of phosphoric ester groups is 1. The summed E-state index contributed by atoms with van der Waals surface area (Å²) in [7, 11) is 1.18. The molecule has 0 bridgehead atoms. The third-order valence-electron chi connectivity index (χ3n) is 15.6. The highest BCUT2D eigenvalue weighted by atomic mass is 31.2. The number of ether oxygens (including phenoxy) is 2. The zero-order chi connectivity index (χ0) is 58.4. The molecule has 0 rings (SSSR count). The van der Waals surface area contributed by atoms with Gasteiger partial charge in [-0.15, -0.1) is 0 Å². The molecular formula is C70H134NO8P. The SMILES string of the molecule is CCCCCCC/C=C\C/C=C\CCCCCCCCCCCCCCCCCCCCCC(=O)OC(COC(=O)CCCCCCCCCCCCCCC/C=C\CCCCCCCCCC)COP(=O)([O-])OCC[N+](C)(C)C. The van der Waals surface area contributed by atoms with Gasteiger partial charge in [0, 0.05) is 12.8 Å². The fraction of sp³-hybridized carbons (Fsp3) is 0.886. The van der Waals surface area contributed by atoms with Gasteiger partial charge in [-0.3, -0.25) is 14.2 Å². The molecule has 0 aliphatic rings. The lowest BCUT2D eigenvalue weighted by Gasteiger charge is -2.28. The second-order valence-electron chi connectivity index (χ2n) is 24.9. The van der Waals surface area contributed by atoms with E-state index < -0.39 is 26.5 Å². The Hall–Kier alpha value is -1.77. The number of carbonyl (C=O) groups excluding carboxylic acids is 2. The van der Waals surface area contributed by atoms with E-state index in [2.05, 4.69) is 50.3 Å². The molecule has 472 valence electrons. The summed E-state index contributed by atoms with van der Waals surface area (Å²) in [4.78, 5) is 38.0. The molecule has 2 atom stereocenters. The molecule has 0 aromatic heterocycles. The quantitative estimate of drug-likeness (QED) is 0.0195. The van der Waals surface area contributed by atoms with E-state index in [0.717, 1.165) is 38.5 Å². The van der Waals surface area contributed by atoms with Crippen molar-refractivity contribution in [2.45, 2.75) is 354 Å². The summed E-state index contributed by atoms with van der Waals surface area (Å²) in [6, 6.07) is 0. The Morgan fingerprint density at radius 3 is 1.00 bits per heavy atom. The molecule has 0 aliphatic heterocycles. The number of phosphoric acid groups is 1. The lowest BCUT2D eigenvalue weighted by atomic mass is 10.0. The van der Waals surface area contributed by atoms with Crippen LogP contribution < -0.4 is 4.89 Å². The molecule has 80 heavy (non-hydrogen) atoms. The summed E-state index contributed by atoms with van der Waals surface area (Å²) in [5.41, 5.74) is 0. The summed E-state index contributed by atoms with van der Waals surface area (Å²) in [5.74, 6) is -0.814. The van der Waals surface area contributed by atoms with Crippen molar-refractivity contribution in [3.63, 3.8) is 0 Å². The van der Waals surface area contributed by atoms with Crippen LogP contribution in [0.5, 0.6) is 0 Å². The molecule has 0 fully saturated rings. The van der Waals surface area contributed by atoms with Crippen molar-refractivity contribution in [1.29, 1.82) is 0 Å². The maximum absolute atomic E-state index is 12.9. The largest absolute Gasteiger partial charge is 0.756 e. The molecule has 0 aliphatic carbocycles. The predicted molar refractivity (Wildman–Crippen MR) is 342 cm³/mol. The highest BCUT2D eigenvalue weighted by Gasteiger charge is 2.22. The van der Waals surface area contributed by atoms with Crippen molar-refractivity contribution in [2.75, 3.05) is 47.5 Å². The lowest BCUT2D eigenvalue weighted by Crippen LogP contribution is -2.37. The van der Waals surface area contributed by atoms with Crippen molar-refractivity contribution >= 4 is 19.8 Å². The molecule has 9 nitrogen and oxygen atoms in total. The van der Waals surface area contributed by atoms with Gasteiger partial charge < -0.3 is 27.9 Å². The molecular weight excluding hydrogens is 1010 g/mol. The average Bonchev–Trinajstić information content (AvgIpc) is 3.42. The Balaban J connectivity index is 4.01. The van der Waals surface area contributed by atoms with Gasteiger partial charge in [0.15, 0.2) is 6.10 Å². The minimum Gasteiger partial charge on any atom is -0.756 e. The number of unbranched alkanes of at least 4 members (excludes halogenated alkanes) is 45. The third-order valence-corrected chi connectivity index (χ3v) is 16.6. The van der Waals surface area contributed by atoms with Crippen LogP contribution in [-0.2, 0) is 32.7 Å². The van der Waals surface area contributed by atoms with Crippen LogP contribution in [0.4, 0.5) is 0 Å². The second-order valence-corrected chi connectivity index (χ2v) is 26.3. The summed E-state index contributed by atoms with van der Waals surface area (Å²) >= 11 is 0. The fourth-order valence-electron chi connectivity index (χ4n) is 10.3. The summed E-state index contributed by atoms with van der Waals surface area (Å²) in [6.45, 7) is 4.29. The first kappa shape index (κ1) is 78.2. The highest BCUT2D eigenvalue weighted by molar-refractivity contribution is 7.45. The first-order chi connectivity index (χ1) is 39.0. The lowest BCUT2D eigenvalue weighted by molar-refractivity contribution is -0.870. The van der Waals surface area contributed by atoms with Gasteiger partial charge in [0.25, 0.3) is 7.82 Å². The number of rotatable bonds is 65. The molecule has 0 N–H and O–H groups in total. The third kappa shape index (κ3) is 65.4. The minimum absolute atomic E-state index is 0.0283. The summed E-state index contributed by atoms with van der Waals surface area (Å²) < 4.78 is 34.3. The molecule has 0 aromatic carbocycles. The Morgan fingerprint density at radius 1 is 0.388 bits per heavy atom. The van der Waals surface area contributed by atoms with E-state index in [1.165, 1.54) is 276 Å². The molecule has 2 unspecified atom stereocenters. The molecule has 0 amide bonds. The standard InChI is InChI=1S/C70H134NO8P/c1-6-8-10-12-14-16-18-20-22-24-26-28-30-32-33-34-35-36-37-39-41-43-45-47-49-51-53-55-57-59-61-63-70(73)79-68(67-78-80(74,75)77-65-64-71(3,4)5)66-76-69(72)62-60-58-56-54-52-50-48-46-44-42-40-38-31-29-27-25-23-21-19-17-15-13-11-9-7-2/h18,20,24-27,68H,6-17,19,21-23,28-67H2,1-5H3/b20-18-,26-24-,27-25-. The topological polar surface area (TPSA) is 111 Å². The number of hydrogen-bond donors (Lipinski definition) is 0. The number of carbonyl (C=O) groups is 2. The maximum Gasteiger partial charge on any atom is 0.306 e. The van der Waals surface area contributed by atoms with Gasteiger partial charge in [0.05, 0.1) is 27.7 Å². The first-order valence-electron chi connectivity index (χ1n) is 34.7. The molecule has 0 saturated heterocycles. The van der Waals surface area contributed by atoms with Crippen molar-refractivity contribution in [3.05, 3.63) is 36.5 Å². The zero-order valence-corrected chi connectivity index (χ0v) is 54.7. The van der Waals surface area contributed by atoms with Gasteiger partial charge in [-0.2, -0.15) is 0 Å². The Morgan fingerprint density at radius 2 is 0.675 bits per heavy atom. The van der Waals surface area contributed by atoms with Gasteiger partial charge in [0.1, 0.15) is 19.8 Å². The number of nitrogens with zero attached hydrogens (tertiary/aromatic N) is 1. The van der Waals surface area contributed by atoms with Gasteiger partial charge in [-0.05, 0) is 70.6 Å². The van der Waals surface area contributed by atoms with Gasteiger partial charge in [0.2, 0.25) is 0 Å². The first-order valence-corrected chi connectivity index (χ1v) is 36.2.